The monoisotopic (exact) mass is 196 g/mol. The van der Waals surface area contributed by atoms with Crippen molar-refractivity contribution >= 4 is 5.91 Å². The number of hydrogen-bond acceptors (Lipinski definition) is 2. The minimum atomic E-state index is 0.0332. The molecule has 0 aromatic carbocycles. The largest absolute Gasteiger partial charge is 0.343 e. The number of amides is 1. The maximum Gasteiger partial charge on any atom is 0.222 e. The Morgan fingerprint density at radius 2 is 1.86 bits per heavy atom. The van der Waals surface area contributed by atoms with Gasteiger partial charge < -0.3 is 10.6 Å². The molecule has 2 aliphatic rings. The highest BCUT2D eigenvalue weighted by Gasteiger charge is 2.38. The van der Waals surface area contributed by atoms with Gasteiger partial charge in [0.1, 0.15) is 0 Å². The number of carbonyl (C=O) groups is 1. The molecule has 80 valence electrons. The number of hydrogen-bond donors (Lipinski definition) is 1. The van der Waals surface area contributed by atoms with E-state index >= 15 is 0 Å². The molecule has 1 heterocycles. The van der Waals surface area contributed by atoms with E-state index < -0.39 is 0 Å². The molecule has 3 heteroatoms. The minimum absolute atomic E-state index is 0.0332. The Kier molecular flexibility index (Phi) is 2.77. The lowest BCUT2D eigenvalue weighted by Gasteiger charge is -2.27. The molecule has 0 unspecified atom stereocenters. The molecule has 1 saturated carbocycles. The summed E-state index contributed by atoms with van der Waals surface area (Å²) in [5.74, 6) is 0.321. The van der Waals surface area contributed by atoms with Crippen LogP contribution < -0.4 is 5.73 Å². The fourth-order valence-electron chi connectivity index (χ4n) is 2.07. The molecule has 1 aliphatic heterocycles. The predicted octanol–water partition coefficient (Wildman–Crippen LogP) is 1.27. The van der Waals surface area contributed by atoms with Crippen LogP contribution in [0.4, 0.5) is 0 Å². The molecule has 0 aromatic rings. The fourth-order valence-corrected chi connectivity index (χ4v) is 2.07. The van der Waals surface area contributed by atoms with Gasteiger partial charge in [-0.2, -0.15) is 0 Å². The van der Waals surface area contributed by atoms with Crippen LogP contribution in [0.2, 0.25) is 0 Å². The van der Waals surface area contributed by atoms with E-state index in [1.807, 2.05) is 4.90 Å². The van der Waals surface area contributed by atoms with E-state index in [1.54, 1.807) is 0 Å². The second-order valence-corrected chi connectivity index (χ2v) is 4.80. The first-order valence-corrected chi connectivity index (χ1v) is 5.76. The van der Waals surface area contributed by atoms with Crippen molar-refractivity contribution in [2.75, 3.05) is 13.1 Å². The van der Waals surface area contributed by atoms with Gasteiger partial charge >= 0.3 is 0 Å². The highest BCUT2D eigenvalue weighted by Crippen LogP contribution is 2.36. The average molecular weight is 196 g/mol. The van der Waals surface area contributed by atoms with Crippen molar-refractivity contribution in [2.45, 2.75) is 50.5 Å². The fraction of sp³-hybridized carbons (Fsp3) is 0.909. The van der Waals surface area contributed by atoms with Gasteiger partial charge in [0.25, 0.3) is 0 Å². The molecule has 2 N–H and O–H groups in total. The van der Waals surface area contributed by atoms with E-state index in [9.17, 15) is 4.79 Å². The van der Waals surface area contributed by atoms with Crippen LogP contribution in [0, 0.1) is 0 Å². The third kappa shape index (κ3) is 2.47. The number of likely N-dealkylation sites (tertiary alicyclic amines) is 1. The topological polar surface area (TPSA) is 46.3 Å². The Balaban J connectivity index is 1.71. The first kappa shape index (κ1) is 9.97. The van der Waals surface area contributed by atoms with Crippen LogP contribution in [0.5, 0.6) is 0 Å². The van der Waals surface area contributed by atoms with Crippen LogP contribution in [0.25, 0.3) is 0 Å². The number of piperidine rings is 1. The second-order valence-electron chi connectivity index (χ2n) is 4.80. The van der Waals surface area contributed by atoms with Crippen molar-refractivity contribution in [2.24, 2.45) is 5.73 Å². The first-order chi connectivity index (χ1) is 6.70. The maximum atomic E-state index is 11.7. The van der Waals surface area contributed by atoms with Crippen LogP contribution in [-0.2, 0) is 4.79 Å². The number of rotatable bonds is 3. The van der Waals surface area contributed by atoms with Gasteiger partial charge in [0.05, 0.1) is 0 Å². The van der Waals surface area contributed by atoms with Gasteiger partial charge in [0.15, 0.2) is 0 Å². The second kappa shape index (κ2) is 3.89. The summed E-state index contributed by atoms with van der Waals surface area (Å²) in [6.07, 6.45) is 7.42. The van der Waals surface area contributed by atoms with Crippen molar-refractivity contribution in [3.05, 3.63) is 0 Å². The SMILES string of the molecule is NC1(CCC(=O)N2CCCCC2)CC1. The van der Waals surface area contributed by atoms with Crippen LogP contribution >= 0.6 is 0 Å². The molecule has 1 amide bonds. The van der Waals surface area contributed by atoms with Crippen molar-refractivity contribution in [3.63, 3.8) is 0 Å². The molecule has 1 saturated heterocycles. The smallest absolute Gasteiger partial charge is 0.222 e. The van der Waals surface area contributed by atoms with Crippen molar-refractivity contribution in [3.8, 4) is 0 Å². The van der Waals surface area contributed by atoms with E-state index in [4.69, 9.17) is 5.73 Å². The molecular weight excluding hydrogens is 176 g/mol. The van der Waals surface area contributed by atoms with Gasteiger partial charge in [-0.15, -0.1) is 0 Å². The molecule has 0 spiro atoms. The summed E-state index contributed by atoms with van der Waals surface area (Å²) in [5.41, 5.74) is 5.99. The zero-order valence-electron chi connectivity index (χ0n) is 8.80. The summed E-state index contributed by atoms with van der Waals surface area (Å²) in [7, 11) is 0. The molecule has 0 atom stereocenters. The molecule has 14 heavy (non-hydrogen) atoms. The predicted molar refractivity (Wildman–Crippen MR) is 55.8 cm³/mol. The van der Waals surface area contributed by atoms with Crippen LogP contribution in [-0.4, -0.2) is 29.4 Å². The number of nitrogens with zero attached hydrogens (tertiary/aromatic N) is 1. The lowest BCUT2D eigenvalue weighted by atomic mass is 10.1. The Morgan fingerprint density at radius 3 is 2.43 bits per heavy atom. The van der Waals surface area contributed by atoms with Crippen LogP contribution in [0.3, 0.4) is 0 Å². The number of carbonyl (C=O) groups excluding carboxylic acids is 1. The molecule has 0 radical (unpaired) electrons. The van der Waals surface area contributed by atoms with Gasteiger partial charge in [0, 0.05) is 25.0 Å². The standard InChI is InChI=1S/C11H20N2O/c12-11(6-7-11)5-4-10(14)13-8-2-1-3-9-13/h1-9,12H2. The van der Waals surface area contributed by atoms with E-state index in [0.29, 0.717) is 12.3 Å². The first-order valence-electron chi connectivity index (χ1n) is 5.76. The molecule has 0 aromatic heterocycles. The van der Waals surface area contributed by atoms with Gasteiger partial charge in [-0.1, -0.05) is 0 Å². The summed E-state index contributed by atoms with van der Waals surface area (Å²) < 4.78 is 0. The van der Waals surface area contributed by atoms with Gasteiger partial charge in [-0.25, -0.2) is 0 Å². The highest BCUT2D eigenvalue weighted by molar-refractivity contribution is 5.76. The van der Waals surface area contributed by atoms with Crippen molar-refractivity contribution < 1.29 is 4.79 Å². The van der Waals surface area contributed by atoms with Gasteiger partial charge in [-0.05, 0) is 38.5 Å². The van der Waals surface area contributed by atoms with Crippen molar-refractivity contribution in [1.82, 2.24) is 4.90 Å². The lowest BCUT2D eigenvalue weighted by molar-refractivity contribution is -0.132. The Hall–Kier alpha value is -0.570. The Labute approximate surface area is 85.6 Å². The maximum absolute atomic E-state index is 11.7. The van der Waals surface area contributed by atoms with Gasteiger partial charge in [0.2, 0.25) is 5.91 Å². The van der Waals surface area contributed by atoms with E-state index in [1.165, 1.54) is 19.3 Å². The third-order valence-electron chi connectivity index (χ3n) is 3.44. The highest BCUT2D eigenvalue weighted by atomic mass is 16.2. The Bertz CT molecular complexity index is 217. The zero-order valence-corrected chi connectivity index (χ0v) is 8.80. The van der Waals surface area contributed by atoms with Crippen molar-refractivity contribution in [1.29, 1.82) is 0 Å². The minimum Gasteiger partial charge on any atom is -0.343 e. The quantitative estimate of drug-likeness (QED) is 0.739. The summed E-state index contributed by atoms with van der Waals surface area (Å²) in [5, 5.41) is 0. The molecular formula is C11H20N2O. The zero-order chi connectivity index (χ0) is 10.0. The number of nitrogens with two attached hydrogens (primary N) is 1. The van der Waals surface area contributed by atoms with Crippen LogP contribution in [0.1, 0.15) is 44.9 Å². The molecule has 3 nitrogen and oxygen atoms in total. The van der Waals surface area contributed by atoms with E-state index in [0.717, 1.165) is 32.4 Å². The summed E-state index contributed by atoms with van der Waals surface area (Å²) >= 11 is 0. The molecule has 2 rings (SSSR count). The molecule has 2 fully saturated rings. The van der Waals surface area contributed by atoms with E-state index in [2.05, 4.69) is 0 Å². The third-order valence-corrected chi connectivity index (χ3v) is 3.44. The summed E-state index contributed by atoms with van der Waals surface area (Å²) in [6.45, 7) is 1.94. The average Bonchev–Trinajstić information content (AvgIpc) is 2.95. The lowest BCUT2D eigenvalue weighted by Crippen LogP contribution is -2.36. The van der Waals surface area contributed by atoms with Crippen LogP contribution in [0.15, 0.2) is 0 Å². The van der Waals surface area contributed by atoms with Gasteiger partial charge in [-0.3, -0.25) is 4.79 Å². The normalized spacial score (nSPS) is 24.8. The Morgan fingerprint density at radius 1 is 1.21 bits per heavy atom. The van der Waals surface area contributed by atoms with E-state index in [-0.39, 0.29) is 5.54 Å². The molecule has 0 bridgehead atoms. The summed E-state index contributed by atoms with van der Waals surface area (Å²) in [6, 6.07) is 0. The summed E-state index contributed by atoms with van der Waals surface area (Å²) in [4.78, 5) is 13.8. The molecule has 1 aliphatic carbocycles.